The number of aliphatic hydroxyl groups excluding tert-OH is 1. The van der Waals surface area contributed by atoms with E-state index in [1.165, 1.54) is 0 Å². The topological polar surface area (TPSA) is 70.6 Å². The molecule has 22 heavy (non-hydrogen) atoms. The number of rotatable bonds is 6. The molecule has 0 radical (unpaired) electrons. The van der Waals surface area contributed by atoms with Crippen LogP contribution in [0.15, 0.2) is 24.3 Å². The van der Waals surface area contributed by atoms with Gasteiger partial charge in [-0.25, -0.2) is 0 Å². The minimum Gasteiger partial charge on any atom is -0.396 e. The van der Waals surface area contributed by atoms with Crippen LogP contribution in [-0.4, -0.2) is 44.4 Å². The molecule has 1 aliphatic rings. The van der Waals surface area contributed by atoms with Gasteiger partial charge in [-0.05, 0) is 50.0 Å². The first-order valence-corrected chi connectivity index (χ1v) is 7.41. The third-order valence-corrected chi connectivity index (χ3v) is 4.08. The van der Waals surface area contributed by atoms with Crippen LogP contribution >= 0.6 is 12.4 Å². The Morgan fingerprint density at radius 3 is 2.50 bits per heavy atom. The second-order valence-electron chi connectivity index (χ2n) is 5.59. The number of halogens is 1. The van der Waals surface area contributed by atoms with Crippen molar-refractivity contribution in [3.05, 3.63) is 29.8 Å². The highest BCUT2D eigenvalue weighted by atomic mass is 35.5. The van der Waals surface area contributed by atoms with Gasteiger partial charge in [0.25, 0.3) is 0 Å². The van der Waals surface area contributed by atoms with Crippen LogP contribution in [0.1, 0.15) is 18.4 Å². The van der Waals surface area contributed by atoms with Crippen molar-refractivity contribution in [3.63, 3.8) is 0 Å². The van der Waals surface area contributed by atoms with Crippen LogP contribution in [0.25, 0.3) is 0 Å². The minimum absolute atomic E-state index is 0. The van der Waals surface area contributed by atoms with Gasteiger partial charge in [0, 0.05) is 19.4 Å². The molecule has 1 heterocycles. The Morgan fingerprint density at radius 1 is 1.32 bits per heavy atom. The fourth-order valence-corrected chi connectivity index (χ4v) is 2.77. The Kier molecular flexibility index (Phi) is 7.82. The average molecular weight is 329 g/mol. The van der Waals surface area contributed by atoms with Gasteiger partial charge < -0.3 is 20.5 Å². The van der Waals surface area contributed by atoms with Crippen LogP contribution in [0, 0.1) is 5.41 Å². The summed E-state index contributed by atoms with van der Waals surface area (Å²) in [7, 11) is 1.64. The third-order valence-electron chi connectivity index (χ3n) is 4.08. The Labute approximate surface area is 137 Å². The molecule has 3 N–H and O–H groups in total. The summed E-state index contributed by atoms with van der Waals surface area (Å²) in [4.78, 5) is 12.6. The number of benzene rings is 1. The van der Waals surface area contributed by atoms with Gasteiger partial charge in [0.05, 0.1) is 12.0 Å². The summed E-state index contributed by atoms with van der Waals surface area (Å²) in [6, 6.07) is 7.61. The summed E-state index contributed by atoms with van der Waals surface area (Å²) >= 11 is 0. The fraction of sp³-hybridized carbons (Fsp3) is 0.562. The van der Waals surface area contributed by atoms with Crippen LogP contribution in [0.5, 0.6) is 0 Å². The molecule has 0 atom stereocenters. The minimum atomic E-state index is -0.441. The van der Waals surface area contributed by atoms with Crippen LogP contribution in [0.3, 0.4) is 0 Å². The standard InChI is InChI=1S/C16H24N2O3.ClH/c1-21-12-16(7-9-17-10-8-16)15(20)18-14-4-2-13(3-5-14)6-11-19;/h2-5,17,19H,6-12H2,1H3,(H,18,20);1H. The predicted octanol–water partition coefficient (Wildman–Crippen LogP) is 1.60. The number of carbonyl (C=O) groups excluding carboxylic acids is 1. The molecular weight excluding hydrogens is 304 g/mol. The zero-order valence-electron chi connectivity index (χ0n) is 12.9. The van der Waals surface area contributed by atoms with E-state index in [0.717, 1.165) is 37.2 Å². The maximum Gasteiger partial charge on any atom is 0.233 e. The van der Waals surface area contributed by atoms with Crippen molar-refractivity contribution in [3.8, 4) is 0 Å². The highest BCUT2D eigenvalue weighted by molar-refractivity contribution is 5.95. The number of hydrogen-bond donors (Lipinski definition) is 3. The molecule has 124 valence electrons. The van der Waals surface area contributed by atoms with Gasteiger partial charge in [-0.3, -0.25) is 4.79 Å². The van der Waals surface area contributed by atoms with Crippen molar-refractivity contribution in [2.45, 2.75) is 19.3 Å². The molecule has 0 aromatic heterocycles. The second kappa shape index (κ2) is 9.10. The molecule has 1 amide bonds. The molecule has 1 aromatic rings. The maximum absolute atomic E-state index is 12.6. The lowest BCUT2D eigenvalue weighted by Crippen LogP contribution is -2.47. The average Bonchev–Trinajstić information content (AvgIpc) is 2.51. The summed E-state index contributed by atoms with van der Waals surface area (Å²) in [5.74, 6) is 0.0285. The smallest absolute Gasteiger partial charge is 0.233 e. The van der Waals surface area contributed by atoms with Crippen LogP contribution < -0.4 is 10.6 Å². The first kappa shape index (κ1) is 18.9. The molecule has 1 aromatic carbocycles. The van der Waals surface area contributed by atoms with E-state index in [-0.39, 0.29) is 24.9 Å². The van der Waals surface area contributed by atoms with E-state index in [1.807, 2.05) is 24.3 Å². The van der Waals surface area contributed by atoms with E-state index in [0.29, 0.717) is 13.0 Å². The highest BCUT2D eigenvalue weighted by Gasteiger charge is 2.39. The van der Waals surface area contributed by atoms with E-state index >= 15 is 0 Å². The molecule has 0 bridgehead atoms. The maximum atomic E-state index is 12.6. The number of hydrogen-bond acceptors (Lipinski definition) is 4. The van der Waals surface area contributed by atoms with E-state index in [9.17, 15) is 4.79 Å². The Balaban J connectivity index is 0.00000242. The van der Waals surface area contributed by atoms with Gasteiger partial charge in [-0.1, -0.05) is 12.1 Å². The summed E-state index contributed by atoms with van der Waals surface area (Å²) < 4.78 is 5.28. The third kappa shape index (κ3) is 4.68. The molecule has 0 saturated carbocycles. The van der Waals surface area contributed by atoms with Crippen molar-refractivity contribution in [1.82, 2.24) is 5.32 Å². The molecule has 5 nitrogen and oxygen atoms in total. The normalized spacial score (nSPS) is 16.6. The van der Waals surface area contributed by atoms with Crippen molar-refractivity contribution in [1.29, 1.82) is 0 Å². The summed E-state index contributed by atoms with van der Waals surface area (Å²) in [6.45, 7) is 2.26. The van der Waals surface area contributed by atoms with Gasteiger partial charge in [-0.15, -0.1) is 12.4 Å². The molecular formula is C16H25ClN2O3. The lowest BCUT2D eigenvalue weighted by Gasteiger charge is -2.35. The highest BCUT2D eigenvalue weighted by Crippen LogP contribution is 2.30. The van der Waals surface area contributed by atoms with Gasteiger partial charge >= 0.3 is 0 Å². The van der Waals surface area contributed by atoms with E-state index < -0.39 is 5.41 Å². The molecule has 0 spiro atoms. The Bertz CT molecular complexity index is 453. The van der Waals surface area contributed by atoms with Crippen LogP contribution in [-0.2, 0) is 16.0 Å². The van der Waals surface area contributed by atoms with Gasteiger partial charge in [-0.2, -0.15) is 0 Å². The SMILES string of the molecule is COCC1(C(=O)Nc2ccc(CCO)cc2)CCNCC1.Cl. The number of amides is 1. The molecule has 1 aliphatic heterocycles. The monoisotopic (exact) mass is 328 g/mol. The quantitative estimate of drug-likeness (QED) is 0.742. The van der Waals surface area contributed by atoms with Crippen molar-refractivity contribution in [2.75, 3.05) is 38.7 Å². The number of ether oxygens (including phenoxy) is 1. The molecule has 0 unspecified atom stereocenters. The molecule has 0 aliphatic carbocycles. The zero-order valence-corrected chi connectivity index (χ0v) is 13.7. The molecule has 1 fully saturated rings. The predicted molar refractivity (Wildman–Crippen MR) is 89.5 cm³/mol. The number of carbonyl (C=O) groups is 1. The van der Waals surface area contributed by atoms with Crippen molar-refractivity contribution in [2.24, 2.45) is 5.41 Å². The van der Waals surface area contributed by atoms with E-state index in [2.05, 4.69) is 10.6 Å². The molecule has 2 rings (SSSR count). The largest absolute Gasteiger partial charge is 0.396 e. The van der Waals surface area contributed by atoms with Gasteiger partial charge in [0.1, 0.15) is 0 Å². The number of methoxy groups -OCH3 is 1. The van der Waals surface area contributed by atoms with Crippen molar-refractivity contribution < 1.29 is 14.6 Å². The van der Waals surface area contributed by atoms with Gasteiger partial charge in [0.15, 0.2) is 0 Å². The van der Waals surface area contributed by atoms with Crippen LogP contribution in [0.4, 0.5) is 5.69 Å². The molecule has 1 saturated heterocycles. The first-order chi connectivity index (χ1) is 10.2. The lowest BCUT2D eigenvalue weighted by atomic mass is 9.78. The Morgan fingerprint density at radius 2 is 1.95 bits per heavy atom. The summed E-state index contributed by atoms with van der Waals surface area (Å²) in [6.07, 6.45) is 2.21. The number of piperidine rings is 1. The van der Waals surface area contributed by atoms with Crippen molar-refractivity contribution >= 4 is 24.0 Å². The number of aliphatic hydroxyl groups is 1. The molecule has 6 heteroatoms. The fourth-order valence-electron chi connectivity index (χ4n) is 2.77. The summed E-state index contributed by atoms with van der Waals surface area (Å²) in [5, 5.41) is 15.2. The van der Waals surface area contributed by atoms with E-state index in [1.54, 1.807) is 7.11 Å². The van der Waals surface area contributed by atoms with E-state index in [4.69, 9.17) is 9.84 Å². The second-order valence-corrected chi connectivity index (χ2v) is 5.59. The number of nitrogens with one attached hydrogen (secondary N) is 2. The van der Waals surface area contributed by atoms with Gasteiger partial charge in [0.2, 0.25) is 5.91 Å². The lowest BCUT2D eigenvalue weighted by molar-refractivity contribution is -0.130. The summed E-state index contributed by atoms with van der Waals surface area (Å²) in [5.41, 5.74) is 1.41. The zero-order chi connectivity index (χ0) is 15.1. The van der Waals surface area contributed by atoms with Crippen LogP contribution in [0.2, 0.25) is 0 Å². The Hall–Kier alpha value is -1.14. The first-order valence-electron chi connectivity index (χ1n) is 7.41. The number of anilines is 1.